The van der Waals surface area contributed by atoms with Crippen molar-refractivity contribution in [3.63, 3.8) is 0 Å². The van der Waals surface area contributed by atoms with Crippen LogP contribution in [0.25, 0.3) is 10.8 Å². The van der Waals surface area contributed by atoms with Crippen LogP contribution in [0.1, 0.15) is 28.8 Å². The number of halogens is 1. The van der Waals surface area contributed by atoms with Gasteiger partial charge in [-0.3, -0.25) is 9.59 Å². The molecule has 160 valence electrons. The monoisotopic (exact) mass is 436 g/mol. The first-order valence-electron chi connectivity index (χ1n) is 10.4. The smallest absolute Gasteiger partial charge is 0.253 e. The number of fused-ring (bicyclic) bond motifs is 1. The zero-order valence-electron chi connectivity index (χ0n) is 17.4. The molecule has 0 bridgehead atoms. The van der Waals surface area contributed by atoms with E-state index in [0.717, 1.165) is 34.9 Å². The van der Waals surface area contributed by atoms with Gasteiger partial charge in [-0.1, -0.05) is 29.8 Å². The lowest BCUT2D eigenvalue weighted by atomic mass is 9.96. The lowest BCUT2D eigenvalue weighted by molar-refractivity contribution is -0.126. The third kappa shape index (κ3) is 5.00. The highest BCUT2D eigenvalue weighted by molar-refractivity contribution is 6.30. The quantitative estimate of drug-likeness (QED) is 0.632. The minimum absolute atomic E-state index is 0.0107. The highest BCUT2D eigenvalue weighted by Crippen LogP contribution is 2.23. The third-order valence-corrected chi connectivity index (χ3v) is 6.00. The van der Waals surface area contributed by atoms with E-state index >= 15 is 0 Å². The van der Waals surface area contributed by atoms with Gasteiger partial charge in [0, 0.05) is 30.2 Å². The molecule has 0 spiro atoms. The molecule has 1 unspecified atom stereocenters. The fourth-order valence-corrected chi connectivity index (χ4v) is 4.12. The predicted molar refractivity (Wildman–Crippen MR) is 122 cm³/mol. The Bertz CT molecular complexity index is 1100. The molecular weight excluding hydrogens is 412 g/mol. The summed E-state index contributed by atoms with van der Waals surface area (Å²) in [6.07, 6.45) is 1.60. The molecule has 0 saturated carbocycles. The number of methoxy groups -OCH3 is 1. The molecule has 5 nitrogen and oxygen atoms in total. The van der Waals surface area contributed by atoms with Crippen LogP contribution in [0.4, 0.5) is 0 Å². The number of nitrogens with one attached hydrogen (secondary N) is 1. The van der Waals surface area contributed by atoms with Crippen LogP contribution in [0.3, 0.4) is 0 Å². The molecule has 1 fully saturated rings. The van der Waals surface area contributed by atoms with Crippen LogP contribution in [0, 0.1) is 5.92 Å². The third-order valence-electron chi connectivity index (χ3n) is 5.75. The summed E-state index contributed by atoms with van der Waals surface area (Å²) in [7, 11) is 1.65. The van der Waals surface area contributed by atoms with Crippen LogP contribution in [-0.4, -0.2) is 36.9 Å². The summed E-state index contributed by atoms with van der Waals surface area (Å²) >= 11 is 5.91. The van der Waals surface area contributed by atoms with Crippen LogP contribution >= 0.6 is 11.6 Å². The van der Waals surface area contributed by atoms with E-state index in [1.807, 2.05) is 30.3 Å². The Balaban J connectivity index is 1.36. The lowest BCUT2D eigenvalue weighted by Gasteiger charge is -2.32. The van der Waals surface area contributed by atoms with Gasteiger partial charge >= 0.3 is 0 Å². The standard InChI is InChI=1S/C25H25ClN2O3/c1-31-23-11-8-19-13-17(4-5-20(19)14-23)15-27-24(29)21-3-2-12-28(16-21)25(30)18-6-9-22(26)10-7-18/h4-11,13-14,21H,2-3,12,15-16H2,1H3,(H,27,29). The van der Waals surface area contributed by atoms with E-state index in [9.17, 15) is 9.59 Å². The average molecular weight is 437 g/mol. The van der Waals surface area contributed by atoms with Crippen LogP contribution in [0.2, 0.25) is 5.02 Å². The number of carbonyl (C=O) groups is 2. The maximum atomic E-state index is 12.8. The summed E-state index contributed by atoms with van der Waals surface area (Å²) in [4.78, 5) is 27.3. The first kappa shape index (κ1) is 21.2. The van der Waals surface area contributed by atoms with E-state index in [0.29, 0.717) is 30.2 Å². The molecule has 0 radical (unpaired) electrons. The fourth-order valence-electron chi connectivity index (χ4n) is 3.99. The van der Waals surface area contributed by atoms with E-state index in [4.69, 9.17) is 16.3 Å². The molecule has 0 aromatic heterocycles. The normalized spacial score (nSPS) is 16.2. The highest BCUT2D eigenvalue weighted by Gasteiger charge is 2.28. The Hall–Kier alpha value is -3.05. The molecular formula is C25H25ClN2O3. The molecule has 3 aromatic carbocycles. The number of nitrogens with zero attached hydrogens (tertiary/aromatic N) is 1. The summed E-state index contributed by atoms with van der Waals surface area (Å²) in [5, 5.41) is 5.84. The molecule has 1 heterocycles. The van der Waals surface area contributed by atoms with Crippen molar-refractivity contribution in [3.8, 4) is 5.75 Å². The van der Waals surface area contributed by atoms with Crippen molar-refractivity contribution in [3.05, 3.63) is 76.8 Å². The van der Waals surface area contributed by atoms with Crippen molar-refractivity contribution in [2.45, 2.75) is 19.4 Å². The Labute approximate surface area is 186 Å². The van der Waals surface area contributed by atoms with E-state index in [2.05, 4.69) is 11.4 Å². The Morgan fingerprint density at radius 1 is 1.06 bits per heavy atom. The number of carbonyl (C=O) groups excluding carboxylic acids is 2. The molecule has 1 atom stereocenters. The SMILES string of the molecule is COc1ccc2cc(CNC(=O)C3CCCN(C(=O)c4ccc(Cl)cc4)C3)ccc2c1. The fraction of sp³-hybridized carbons (Fsp3) is 0.280. The molecule has 2 amide bonds. The number of rotatable bonds is 5. The number of benzene rings is 3. The number of amides is 2. The van der Waals surface area contributed by atoms with Gasteiger partial charge in [0.2, 0.25) is 5.91 Å². The molecule has 31 heavy (non-hydrogen) atoms. The van der Waals surface area contributed by atoms with Crippen LogP contribution in [0.15, 0.2) is 60.7 Å². The van der Waals surface area contributed by atoms with Gasteiger partial charge in [0.05, 0.1) is 13.0 Å². The van der Waals surface area contributed by atoms with Gasteiger partial charge in [-0.2, -0.15) is 0 Å². The van der Waals surface area contributed by atoms with Crippen molar-refractivity contribution in [2.75, 3.05) is 20.2 Å². The average Bonchev–Trinajstić information content (AvgIpc) is 2.82. The van der Waals surface area contributed by atoms with Crippen LogP contribution in [-0.2, 0) is 11.3 Å². The summed E-state index contributed by atoms with van der Waals surface area (Å²) < 4.78 is 5.27. The van der Waals surface area contributed by atoms with Gasteiger partial charge < -0.3 is 15.0 Å². The largest absolute Gasteiger partial charge is 0.497 e. The molecule has 6 heteroatoms. The van der Waals surface area contributed by atoms with Gasteiger partial charge in [-0.15, -0.1) is 0 Å². The molecule has 3 aromatic rings. The zero-order chi connectivity index (χ0) is 21.8. The molecule has 1 aliphatic rings. The van der Waals surface area contributed by atoms with Crippen molar-refractivity contribution < 1.29 is 14.3 Å². The molecule has 1 saturated heterocycles. The number of hydrogen-bond acceptors (Lipinski definition) is 3. The summed E-state index contributed by atoms with van der Waals surface area (Å²) in [5.41, 5.74) is 1.63. The summed E-state index contributed by atoms with van der Waals surface area (Å²) in [5.74, 6) is 0.556. The summed E-state index contributed by atoms with van der Waals surface area (Å²) in [6.45, 7) is 1.56. The number of ether oxygens (including phenoxy) is 1. The predicted octanol–water partition coefficient (Wildman–Crippen LogP) is 4.67. The zero-order valence-corrected chi connectivity index (χ0v) is 18.2. The second-order valence-electron chi connectivity index (χ2n) is 7.86. The van der Waals surface area contributed by atoms with Gasteiger partial charge in [-0.05, 0) is 71.6 Å². The van der Waals surface area contributed by atoms with Crippen molar-refractivity contribution in [1.82, 2.24) is 10.2 Å². The second kappa shape index (κ2) is 9.40. The van der Waals surface area contributed by atoms with Crippen molar-refractivity contribution in [1.29, 1.82) is 0 Å². The topological polar surface area (TPSA) is 58.6 Å². The van der Waals surface area contributed by atoms with Gasteiger partial charge in [0.15, 0.2) is 0 Å². The van der Waals surface area contributed by atoms with Crippen molar-refractivity contribution in [2.24, 2.45) is 5.92 Å². The van der Waals surface area contributed by atoms with Crippen LogP contribution < -0.4 is 10.1 Å². The van der Waals surface area contributed by atoms with E-state index < -0.39 is 0 Å². The molecule has 1 N–H and O–H groups in total. The Morgan fingerprint density at radius 2 is 1.81 bits per heavy atom. The van der Waals surface area contributed by atoms with E-state index in [-0.39, 0.29) is 17.7 Å². The molecule has 0 aliphatic carbocycles. The number of piperidine rings is 1. The Morgan fingerprint density at radius 3 is 2.58 bits per heavy atom. The Kier molecular flexibility index (Phi) is 6.42. The number of likely N-dealkylation sites (tertiary alicyclic amines) is 1. The van der Waals surface area contributed by atoms with E-state index in [1.165, 1.54) is 0 Å². The first-order chi connectivity index (χ1) is 15.0. The van der Waals surface area contributed by atoms with Crippen LogP contribution in [0.5, 0.6) is 5.75 Å². The van der Waals surface area contributed by atoms with E-state index in [1.54, 1.807) is 36.3 Å². The highest BCUT2D eigenvalue weighted by atomic mass is 35.5. The van der Waals surface area contributed by atoms with Gasteiger partial charge in [0.25, 0.3) is 5.91 Å². The molecule has 1 aliphatic heterocycles. The minimum Gasteiger partial charge on any atom is -0.497 e. The van der Waals surface area contributed by atoms with Gasteiger partial charge in [0.1, 0.15) is 5.75 Å². The lowest BCUT2D eigenvalue weighted by Crippen LogP contribution is -2.45. The maximum Gasteiger partial charge on any atom is 0.253 e. The minimum atomic E-state index is -0.199. The summed E-state index contributed by atoms with van der Waals surface area (Å²) in [6, 6.07) is 18.9. The van der Waals surface area contributed by atoms with Gasteiger partial charge in [-0.25, -0.2) is 0 Å². The molecule has 4 rings (SSSR count). The van der Waals surface area contributed by atoms with Crippen molar-refractivity contribution >= 4 is 34.2 Å². The number of hydrogen-bond donors (Lipinski definition) is 1. The second-order valence-corrected chi connectivity index (χ2v) is 8.30. The first-order valence-corrected chi connectivity index (χ1v) is 10.8. The maximum absolute atomic E-state index is 12.8.